The van der Waals surface area contributed by atoms with E-state index in [0.29, 0.717) is 11.1 Å². The van der Waals surface area contributed by atoms with Crippen molar-refractivity contribution in [3.8, 4) is 0 Å². The average Bonchev–Trinajstić information content (AvgIpc) is 3.37. The lowest BCUT2D eigenvalue weighted by atomic mass is 9.74. The summed E-state index contributed by atoms with van der Waals surface area (Å²) in [5.74, 6) is -0.995. The lowest BCUT2D eigenvalue weighted by molar-refractivity contribution is -0.138. The van der Waals surface area contributed by atoms with E-state index in [-0.39, 0.29) is 0 Å². The van der Waals surface area contributed by atoms with E-state index in [1.54, 1.807) is 0 Å². The van der Waals surface area contributed by atoms with E-state index in [9.17, 15) is 26.3 Å². The standard InChI is InChI=1S/C34H32F6N2O/c1-41(2)27-17-9-23(10-18-27)31-29(21-5-13-25(14-6-21)33(35,36)37)30(22-7-15-26(16-8-22)34(38,39)40)32(43-31)24-11-19-28(20-12-24)42(3)4/h5-20,29-32H,1-4H3/t29-,30-,31+,32+/m1/s1. The molecule has 0 bridgehead atoms. The summed E-state index contributed by atoms with van der Waals surface area (Å²) in [5.41, 5.74) is 3.22. The number of hydrogen-bond donors (Lipinski definition) is 0. The van der Waals surface area contributed by atoms with Crippen LogP contribution in [0.25, 0.3) is 0 Å². The number of benzene rings is 4. The van der Waals surface area contributed by atoms with Crippen molar-refractivity contribution in [3.63, 3.8) is 0 Å². The zero-order valence-corrected chi connectivity index (χ0v) is 24.1. The highest BCUT2D eigenvalue weighted by atomic mass is 19.4. The largest absolute Gasteiger partial charge is 0.416 e. The fraction of sp³-hybridized carbons (Fsp3) is 0.294. The molecule has 0 aliphatic carbocycles. The van der Waals surface area contributed by atoms with Gasteiger partial charge in [-0.1, -0.05) is 48.5 Å². The molecule has 0 saturated carbocycles. The van der Waals surface area contributed by atoms with Crippen molar-refractivity contribution in [2.24, 2.45) is 0 Å². The molecular formula is C34H32F6N2O. The Morgan fingerprint density at radius 1 is 0.442 bits per heavy atom. The minimum absolute atomic E-state index is 0.497. The van der Waals surface area contributed by atoms with Crippen molar-refractivity contribution in [2.75, 3.05) is 38.0 Å². The molecule has 4 aromatic rings. The van der Waals surface area contributed by atoms with E-state index in [1.165, 1.54) is 24.3 Å². The van der Waals surface area contributed by atoms with Gasteiger partial charge in [-0.15, -0.1) is 0 Å². The molecule has 4 atom stereocenters. The van der Waals surface area contributed by atoms with Crippen LogP contribution in [0.5, 0.6) is 0 Å². The topological polar surface area (TPSA) is 15.7 Å². The van der Waals surface area contributed by atoms with Gasteiger partial charge in [-0.3, -0.25) is 0 Å². The zero-order valence-electron chi connectivity index (χ0n) is 24.1. The van der Waals surface area contributed by atoms with Crippen LogP contribution in [0.15, 0.2) is 97.1 Å². The normalized spacial score (nSPS) is 20.7. The fourth-order valence-electron chi connectivity index (χ4n) is 5.75. The first kappa shape index (κ1) is 30.5. The number of rotatable bonds is 6. The molecule has 0 amide bonds. The summed E-state index contributed by atoms with van der Waals surface area (Å²) in [5, 5.41) is 0. The van der Waals surface area contributed by atoms with Crippen LogP contribution in [-0.2, 0) is 17.1 Å². The highest BCUT2D eigenvalue weighted by molar-refractivity contribution is 5.50. The minimum Gasteiger partial charge on any atom is -0.378 e. The number of ether oxygens (including phenoxy) is 1. The Balaban J connectivity index is 1.67. The van der Waals surface area contributed by atoms with Gasteiger partial charge >= 0.3 is 12.4 Å². The van der Waals surface area contributed by atoms with Crippen molar-refractivity contribution in [2.45, 2.75) is 36.4 Å². The first-order chi connectivity index (χ1) is 20.2. The lowest BCUT2D eigenvalue weighted by Crippen LogP contribution is -2.15. The van der Waals surface area contributed by atoms with Crippen LogP contribution in [0.2, 0.25) is 0 Å². The van der Waals surface area contributed by atoms with Crippen LogP contribution in [0.3, 0.4) is 0 Å². The summed E-state index contributed by atoms with van der Waals surface area (Å²) in [4.78, 5) is 3.90. The van der Waals surface area contributed by atoms with Crippen LogP contribution in [0.1, 0.15) is 57.4 Å². The Bertz CT molecular complexity index is 1390. The van der Waals surface area contributed by atoms with Gasteiger partial charge in [-0.2, -0.15) is 26.3 Å². The van der Waals surface area contributed by atoms with E-state index >= 15 is 0 Å². The molecule has 4 aromatic carbocycles. The fourth-order valence-corrected chi connectivity index (χ4v) is 5.75. The summed E-state index contributed by atoms with van der Waals surface area (Å²) < 4.78 is 87.6. The zero-order chi connectivity index (χ0) is 31.1. The smallest absolute Gasteiger partial charge is 0.378 e. The third kappa shape index (κ3) is 6.37. The number of halogens is 6. The second kappa shape index (κ2) is 11.6. The third-order valence-corrected chi connectivity index (χ3v) is 8.05. The highest BCUT2D eigenvalue weighted by Gasteiger charge is 2.47. The Kier molecular flexibility index (Phi) is 8.22. The van der Waals surface area contributed by atoms with Gasteiger partial charge in [-0.05, 0) is 70.8 Å². The van der Waals surface area contributed by atoms with Gasteiger partial charge in [0.2, 0.25) is 0 Å². The van der Waals surface area contributed by atoms with E-state index in [1.807, 2.05) is 86.5 Å². The first-order valence-electron chi connectivity index (χ1n) is 13.8. The summed E-state index contributed by atoms with van der Waals surface area (Å²) in [6.07, 6.45) is -10.2. The van der Waals surface area contributed by atoms with E-state index in [4.69, 9.17) is 4.74 Å². The maximum absolute atomic E-state index is 13.5. The number of hydrogen-bond acceptors (Lipinski definition) is 3. The summed E-state index contributed by atoms with van der Waals surface area (Å²) in [6.45, 7) is 0. The molecule has 0 aromatic heterocycles. The monoisotopic (exact) mass is 598 g/mol. The summed E-state index contributed by atoms with van der Waals surface area (Å²) in [6, 6.07) is 25.5. The molecule has 0 spiro atoms. The van der Waals surface area contributed by atoms with Crippen molar-refractivity contribution < 1.29 is 31.1 Å². The van der Waals surface area contributed by atoms with Crippen LogP contribution < -0.4 is 9.80 Å². The molecule has 43 heavy (non-hydrogen) atoms. The van der Waals surface area contributed by atoms with Crippen molar-refractivity contribution in [3.05, 3.63) is 130 Å². The predicted molar refractivity (Wildman–Crippen MR) is 156 cm³/mol. The van der Waals surface area contributed by atoms with E-state index < -0.39 is 47.5 Å². The molecule has 5 rings (SSSR count). The molecular weight excluding hydrogens is 566 g/mol. The molecule has 9 heteroatoms. The van der Waals surface area contributed by atoms with Crippen LogP contribution in [0, 0.1) is 0 Å². The van der Waals surface area contributed by atoms with Crippen LogP contribution in [0.4, 0.5) is 37.7 Å². The number of anilines is 2. The molecule has 1 aliphatic heterocycles. The second-order valence-corrected chi connectivity index (χ2v) is 11.2. The molecule has 0 radical (unpaired) electrons. The minimum atomic E-state index is -4.50. The maximum atomic E-state index is 13.5. The van der Waals surface area contributed by atoms with Crippen molar-refractivity contribution in [1.29, 1.82) is 0 Å². The summed E-state index contributed by atoms with van der Waals surface area (Å²) in [7, 11) is 7.67. The average molecular weight is 599 g/mol. The SMILES string of the molecule is CN(C)c1ccc([C@@H]2O[C@@H](c3ccc(N(C)C)cc3)[C@H](c3ccc(C(F)(F)F)cc3)[C@H]2c2ccc(C(F)(F)F)cc2)cc1. The van der Waals surface area contributed by atoms with Gasteiger partial charge in [0.1, 0.15) is 0 Å². The van der Waals surface area contributed by atoms with Gasteiger partial charge in [0.15, 0.2) is 0 Å². The molecule has 1 saturated heterocycles. The Morgan fingerprint density at radius 2 is 0.721 bits per heavy atom. The second-order valence-electron chi connectivity index (χ2n) is 11.2. The molecule has 0 unspecified atom stereocenters. The van der Waals surface area contributed by atoms with Crippen molar-refractivity contribution in [1.82, 2.24) is 0 Å². The molecule has 1 aliphatic rings. The summed E-state index contributed by atoms with van der Waals surface area (Å²) >= 11 is 0. The lowest BCUT2D eigenvalue weighted by Gasteiger charge is -2.27. The van der Waals surface area contributed by atoms with Crippen LogP contribution in [-0.4, -0.2) is 28.2 Å². The quantitative estimate of drug-likeness (QED) is 0.206. The Hall–Kier alpha value is -3.98. The third-order valence-electron chi connectivity index (χ3n) is 8.05. The van der Waals surface area contributed by atoms with Gasteiger partial charge in [-0.25, -0.2) is 0 Å². The molecule has 3 nitrogen and oxygen atoms in total. The van der Waals surface area contributed by atoms with E-state index in [2.05, 4.69) is 0 Å². The number of nitrogens with zero attached hydrogens (tertiary/aromatic N) is 2. The molecule has 226 valence electrons. The molecule has 0 N–H and O–H groups in total. The van der Waals surface area contributed by atoms with Gasteiger partial charge in [0, 0.05) is 51.4 Å². The van der Waals surface area contributed by atoms with Gasteiger partial charge < -0.3 is 14.5 Å². The Morgan fingerprint density at radius 3 is 0.977 bits per heavy atom. The maximum Gasteiger partial charge on any atom is 0.416 e. The van der Waals surface area contributed by atoms with Gasteiger partial charge in [0.25, 0.3) is 0 Å². The Labute approximate surface area is 247 Å². The van der Waals surface area contributed by atoms with E-state index in [0.717, 1.165) is 46.8 Å². The number of alkyl halides is 6. The highest BCUT2D eigenvalue weighted by Crippen LogP contribution is 2.59. The van der Waals surface area contributed by atoms with Gasteiger partial charge in [0.05, 0.1) is 23.3 Å². The predicted octanol–water partition coefficient (Wildman–Crippen LogP) is 9.24. The van der Waals surface area contributed by atoms with Crippen molar-refractivity contribution >= 4 is 11.4 Å². The first-order valence-corrected chi connectivity index (χ1v) is 13.8. The molecule has 1 heterocycles. The molecule has 1 fully saturated rings. The van der Waals surface area contributed by atoms with Crippen LogP contribution >= 0.6 is 0 Å².